The average Bonchev–Trinajstić information content (AvgIpc) is 3.30. The number of H-pyrrole nitrogens is 1. The molecule has 0 amide bonds. The number of fused-ring (bicyclic) bond motifs is 2. The van der Waals surface area contributed by atoms with Crippen molar-refractivity contribution in [1.82, 2.24) is 19.7 Å². The molecule has 0 radical (unpaired) electrons. The summed E-state index contributed by atoms with van der Waals surface area (Å²) in [5.74, 6) is -1.13. The lowest BCUT2D eigenvalue weighted by atomic mass is 10.2. The number of carbonyl (C=O) groups is 1. The third-order valence-corrected chi connectivity index (χ3v) is 5.30. The molecule has 9 nitrogen and oxygen atoms in total. The minimum Gasteiger partial charge on any atom is -0.477 e. The van der Waals surface area contributed by atoms with Gasteiger partial charge < -0.3 is 19.9 Å². The third kappa shape index (κ3) is 2.37. The van der Waals surface area contributed by atoms with E-state index in [1.165, 1.54) is 6.20 Å². The fourth-order valence-corrected chi connectivity index (χ4v) is 3.74. The largest absolute Gasteiger partial charge is 0.477 e. The van der Waals surface area contributed by atoms with E-state index < -0.39 is 17.2 Å². The molecule has 4 heterocycles. The Kier molecular flexibility index (Phi) is 3.45. The molecule has 3 aromatic heterocycles. The fourth-order valence-electron chi connectivity index (χ4n) is 3.74. The van der Waals surface area contributed by atoms with E-state index in [1.807, 2.05) is 0 Å². The van der Waals surface area contributed by atoms with Gasteiger partial charge in [-0.15, -0.1) is 0 Å². The fraction of sp³-hybridized carbons (Fsp3) is 0.333. The van der Waals surface area contributed by atoms with Crippen LogP contribution < -0.4 is 15.6 Å². The molecule has 1 aliphatic carbocycles. The molecule has 0 bridgehead atoms. The van der Waals surface area contributed by atoms with Gasteiger partial charge in [-0.05, 0) is 18.9 Å². The summed E-state index contributed by atoms with van der Waals surface area (Å²) in [6.07, 6.45) is 3.07. The van der Waals surface area contributed by atoms with Gasteiger partial charge in [0.05, 0.1) is 24.2 Å². The summed E-state index contributed by atoms with van der Waals surface area (Å²) >= 11 is 0. The first kappa shape index (κ1) is 16.7. The first-order valence-electron chi connectivity index (χ1n) is 8.95. The predicted molar refractivity (Wildman–Crippen MR) is 99.2 cm³/mol. The van der Waals surface area contributed by atoms with Crippen LogP contribution >= 0.6 is 0 Å². The molecule has 0 saturated heterocycles. The Morgan fingerprint density at radius 3 is 2.86 bits per heavy atom. The normalized spacial score (nSPS) is 15.9. The second kappa shape index (κ2) is 5.78. The second-order valence-electron chi connectivity index (χ2n) is 7.12. The number of hydrogen-bond donors (Lipinski definition) is 3. The zero-order valence-electron chi connectivity index (χ0n) is 15.0. The van der Waals surface area contributed by atoms with Gasteiger partial charge in [-0.3, -0.25) is 9.89 Å². The van der Waals surface area contributed by atoms with Gasteiger partial charge in [0.25, 0.3) is 0 Å². The molecule has 10 heteroatoms. The molecule has 3 N–H and O–H groups in total. The SMILES string of the molecule is CNc1n[nH]c2c1CN(c1nc3c(cc1F)c(=O)c(C(=O)O)cn3C1CC1)C2. The number of anilines is 2. The van der Waals surface area contributed by atoms with Gasteiger partial charge >= 0.3 is 5.97 Å². The number of aromatic amines is 1. The molecule has 3 aromatic rings. The summed E-state index contributed by atoms with van der Waals surface area (Å²) in [4.78, 5) is 30.2. The molecule has 2 aliphatic rings. The maximum Gasteiger partial charge on any atom is 0.341 e. The van der Waals surface area contributed by atoms with Crippen LogP contribution in [-0.4, -0.2) is 37.9 Å². The maximum absolute atomic E-state index is 14.9. The Morgan fingerprint density at radius 2 is 2.18 bits per heavy atom. The lowest BCUT2D eigenvalue weighted by molar-refractivity contribution is 0.0695. The zero-order chi connectivity index (χ0) is 19.6. The first-order chi connectivity index (χ1) is 13.5. The van der Waals surface area contributed by atoms with E-state index in [-0.39, 0.29) is 22.8 Å². The highest BCUT2D eigenvalue weighted by Gasteiger charge is 2.31. The van der Waals surface area contributed by atoms with E-state index in [0.29, 0.717) is 24.6 Å². The molecule has 5 rings (SSSR count). The number of aromatic carboxylic acids is 1. The van der Waals surface area contributed by atoms with E-state index in [4.69, 9.17) is 0 Å². The van der Waals surface area contributed by atoms with Crippen molar-refractivity contribution in [3.05, 3.63) is 45.1 Å². The van der Waals surface area contributed by atoms with Gasteiger partial charge in [0, 0.05) is 24.8 Å². The van der Waals surface area contributed by atoms with Crippen molar-refractivity contribution in [2.24, 2.45) is 0 Å². The molecular formula is C18H17FN6O3. The van der Waals surface area contributed by atoms with Crippen molar-refractivity contribution in [3.8, 4) is 0 Å². The van der Waals surface area contributed by atoms with E-state index >= 15 is 0 Å². The van der Waals surface area contributed by atoms with Gasteiger partial charge in [-0.25, -0.2) is 14.2 Å². The van der Waals surface area contributed by atoms with Crippen LogP contribution in [0, 0.1) is 5.82 Å². The standard InChI is InChI=1S/C18H17FN6O3/c1-20-15-10-5-24(7-13(10)22-23-15)17-12(19)4-9-14(26)11(18(27)28)6-25(8-2-3-8)16(9)21-17/h4,6,8H,2-3,5,7H2,1H3,(H,27,28)(H2,20,22,23). The van der Waals surface area contributed by atoms with Crippen molar-refractivity contribution >= 4 is 28.6 Å². The molecule has 0 atom stereocenters. The Bertz CT molecular complexity index is 1200. The maximum atomic E-state index is 14.9. The molecule has 0 aromatic carbocycles. The molecule has 0 unspecified atom stereocenters. The van der Waals surface area contributed by atoms with Crippen LogP contribution in [0.5, 0.6) is 0 Å². The van der Waals surface area contributed by atoms with Crippen LogP contribution in [0.2, 0.25) is 0 Å². The van der Waals surface area contributed by atoms with Crippen LogP contribution in [0.4, 0.5) is 16.0 Å². The lowest BCUT2D eigenvalue weighted by Gasteiger charge is -2.19. The zero-order valence-corrected chi connectivity index (χ0v) is 15.0. The van der Waals surface area contributed by atoms with Crippen LogP contribution in [0.3, 0.4) is 0 Å². The number of nitrogens with one attached hydrogen (secondary N) is 2. The van der Waals surface area contributed by atoms with E-state index in [2.05, 4.69) is 20.5 Å². The monoisotopic (exact) mass is 384 g/mol. The Balaban J connectivity index is 1.66. The molecular weight excluding hydrogens is 367 g/mol. The van der Waals surface area contributed by atoms with Crippen LogP contribution in [0.25, 0.3) is 11.0 Å². The van der Waals surface area contributed by atoms with Gasteiger partial charge in [-0.2, -0.15) is 5.10 Å². The number of rotatable bonds is 4. The van der Waals surface area contributed by atoms with Crippen molar-refractivity contribution in [2.45, 2.75) is 32.0 Å². The summed E-state index contributed by atoms with van der Waals surface area (Å²) in [7, 11) is 1.77. The number of hydrogen-bond acceptors (Lipinski definition) is 6. The molecule has 0 spiro atoms. The first-order valence-corrected chi connectivity index (χ1v) is 8.95. The van der Waals surface area contributed by atoms with Gasteiger partial charge in [0.1, 0.15) is 11.2 Å². The summed E-state index contributed by atoms with van der Waals surface area (Å²) < 4.78 is 16.6. The molecule has 144 valence electrons. The Hall–Kier alpha value is -3.43. The van der Waals surface area contributed by atoms with Crippen molar-refractivity contribution in [2.75, 3.05) is 17.3 Å². The van der Waals surface area contributed by atoms with Crippen LogP contribution in [-0.2, 0) is 13.1 Å². The van der Waals surface area contributed by atoms with E-state index in [1.54, 1.807) is 16.5 Å². The molecule has 1 aliphatic heterocycles. The van der Waals surface area contributed by atoms with Crippen molar-refractivity contribution in [1.29, 1.82) is 0 Å². The van der Waals surface area contributed by atoms with Crippen LogP contribution in [0.15, 0.2) is 17.1 Å². The topological polar surface area (TPSA) is 116 Å². The van der Waals surface area contributed by atoms with Gasteiger partial charge in [0.2, 0.25) is 5.43 Å². The quantitative estimate of drug-likeness (QED) is 0.629. The number of pyridine rings is 2. The summed E-state index contributed by atoms with van der Waals surface area (Å²) in [6.45, 7) is 0.846. The molecule has 28 heavy (non-hydrogen) atoms. The van der Waals surface area contributed by atoms with E-state index in [9.17, 15) is 19.1 Å². The van der Waals surface area contributed by atoms with Gasteiger partial charge in [-0.1, -0.05) is 0 Å². The Labute approximate surface area is 157 Å². The minimum absolute atomic E-state index is 0.0108. The molecule has 1 fully saturated rings. The highest BCUT2D eigenvalue weighted by molar-refractivity contribution is 5.92. The molecule has 1 saturated carbocycles. The Morgan fingerprint density at radius 1 is 1.39 bits per heavy atom. The minimum atomic E-state index is -1.32. The summed E-state index contributed by atoms with van der Waals surface area (Å²) in [5, 5.41) is 19.4. The number of aromatic nitrogens is 4. The smallest absolute Gasteiger partial charge is 0.341 e. The van der Waals surface area contributed by atoms with Crippen molar-refractivity contribution < 1.29 is 14.3 Å². The lowest BCUT2D eigenvalue weighted by Crippen LogP contribution is -2.23. The van der Waals surface area contributed by atoms with E-state index in [0.717, 1.165) is 30.2 Å². The number of nitrogens with zero attached hydrogens (tertiary/aromatic N) is 4. The van der Waals surface area contributed by atoms with Crippen LogP contribution in [0.1, 0.15) is 40.5 Å². The number of carboxylic acids is 1. The third-order valence-electron chi connectivity index (χ3n) is 5.30. The van der Waals surface area contributed by atoms with Crippen molar-refractivity contribution in [3.63, 3.8) is 0 Å². The average molecular weight is 384 g/mol. The number of halogens is 1. The highest BCUT2D eigenvalue weighted by Crippen LogP contribution is 2.38. The number of carboxylic acid groups (broad SMARTS) is 1. The summed E-state index contributed by atoms with van der Waals surface area (Å²) in [6, 6.07) is 1.19. The highest BCUT2D eigenvalue weighted by atomic mass is 19.1. The van der Waals surface area contributed by atoms with Gasteiger partial charge in [0.15, 0.2) is 17.5 Å². The summed E-state index contributed by atoms with van der Waals surface area (Å²) in [5.41, 5.74) is 1.06. The predicted octanol–water partition coefficient (Wildman–Crippen LogP) is 1.85. The second-order valence-corrected chi connectivity index (χ2v) is 7.12.